The number of Topliss-reactive ketones (excluding diaryl/α,β-unsaturated/α-hetero) is 1. The van der Waals surface area contributed by atoms with E-state index in [1.54, 1.807) is 45.0 Å². The second kappa shape index (κ2) is 11.3. The van der Waals surface area contributed by atoms with Crippen molar-refractivity contribution in [3.05, 3.63) is 70.8 Å². The van der Waals surface area contributed by atoms with E-state index < -0.39 is 29.3 Å². The van der Waals surface area contributed by atoms with Crippen LogP contribution < -0.4 is 5.32 Å². The first kappa shape index (κ1) is 27.1. The van der Waals surface area contributed by atoms with E-state index >= 15 is 0 Å². The van der Waals surface area contributed by atoms with Crippen LogP contribution in [-0.2, 0) is 33.5 Å². The summed E-state index contributed by atoms with van der Waals surface area (Å²) in [7, 11) is 0. The normalized spacial score (nSPS) is 12.6. The van der Waals surface area contributed by atoms with Gasteiger partial charge >= 0.3 is 12.1 Å². The van der Waals surface area contributed by atoms with Crippen LogP contribution in [0.2, 0.25) is 0 Å². The first-order valence-electron chi connectivity index (χ1n) is 11.7. The molecule has 0 saturated heterocycles. The van der Waals surface area contributed by atoms with Crippen LogP contribution in [0.5, 0.6) is 0 Å². The molecule has 1 N–H and O–H groups in total. The molecule has 184 valence electrons. The second-order valence-electron chi connectivity index (χ2n) is 10.4. The van der Waals surface area contributed by atoms with Gasteiger partial charge in [-0.25, -0.2) is 9.59 Å². The highest BCUT2D eigenvalue weighted by atomic mass is 16.6. The molecule has 0 aliphatic rings. The average molecular weight is 468 g/mol. The second-order valence-corrected chi connectivity index (χ2v) is 10.4. The Balaban J connectivity index is 2.14. The van der Waals surface area contributed by atoms with Crippen LogP contribution in [0.3, 0.4) is 0 Å². The van der Waals surface area contributed by atoms with Gasteiger partial charge in [0.1, 0.15) is 11.2 Å². The molecule has 2 aromatic carbocycles. The number of ketones is 1. The van der Waals surface area contributed by atoms with Crippen molar-refractivity contribution in [2.75, 3.05) is 0 Å². The zero-order valence-electron chi connectivity index (χ0n) is 21.4. The standard InChI is InChI=1S/C28H37NO5/c1-8-19-9-11-20(12-10-19)17-23(29-26(32)34-28(5,6)7)24(30)18-21-13-15-22(16-14-21)25(31)33-27(2,3)4/h9-16,23H,8,17-18H2,1-7H3,(H,29,32)/t23-/m0/s1. The predicted molar refractivity (Wildman–Crippen MR) is 133 cm³/mol. The van der Waals surface area contributed by atoms with Crippen LogP contribution in [0.4, 0.5) is 4.79 Å². The largest absolute Gasteiger partial charge is 0.456 e. The zero-order chi connectivity index (χ0) is 25.5. The molecule has 0 aromatic heterocycles. The van der Waals surface area contributed by atoms with Crippen LogP contribution in [-0.4, -0.2) is 35.1 Å². The molecule has 6 nitrogen and oxygen atoms in total. The van der Waals surface area contributed by atoms with E-state index in [0.29, 0.717) is 12.0 Å². The van der Waals surface area contributed by atoms with E-state index in [-0.39, 0.29) is 12.2 Å². The molecule has 1 amide bonds. The highest BCUT2D eigenvalue weighted by Crippen LogP contribution is 2.15. The summed E-state index contributed by atoms with van der Waals surface area (Å²) in [6.45, 7) is 12.8. The third-order valence-corrected chi connectivity index (χ3v) is 4.92. The molecule has 0 bridgehead atoms. The zero-order valence-corrected chi connectivity index (χ0v) is 21.4. The number of alkyl carbamates (subject to hydrolysis) is 1. The summed E-state index contributed by atoms with van der Waals surface area (Å²) in [4.78, 5) is 37.8. The van der Waals surface area contributed by atoms with Gasteiger partial charge in [-0.15, -0.1) is 0 Å². The van der Waals surface area contributed by atoms with Crippen molar-refractivity contribution in [1.82, 2.24) is 5.32 Å². The fourth-order valence-corrected chi connectivity index (χ4v) is 3.26. The van der Waals surface area contributed by atoms with Crippen molar-refractivity contribution in [2.45, 2.75) is 85.0 Å². The lowest BCUT2D eigenvalue weighted by molar-refractivity contribution is -0.120. The molecule has 0 heterocycles. The van der Waals surface area contributed by atoms with Crippen LogP contribution in [0.1, 0.15) is 75.5 Å². The SMILES string of the molecule is CCc1ccc(C[C@H](NC(=O)OC(C)(C)C)C(=O)Cc2ccc(C(=O)OC(C)(C)C)cc2)cc1. The summed E-state index contributed by atoms with van der Waals surface area (Å²) in [5.74, 6) is -0.555. The highest BCUT2D eigenvalue weighted by molar-refractivity contribution is 5.91. The minimum Gasteiger partial charge on any atom is -0.456 e. The number of carbonyl (C=O) groups is 3. The lowest BCUT2D eigenvalue weighted by atomic mass is 9.96. The van der Waals surface area contributed by atoms with Gasteiger partial charge in [-0.2, -0.15) is 0 Å². The summed E-state index contributed by atoms with van der Waals surface area (Å²) < 4.78 is 10.8. The van der Waals surface area contributed by atoms with Crippen LogP contribution >= 0.6 is 0 Å². The molecule has 34 heavy (non-hydrogen) atoms. The number of benzene rings is 2. The molecule has 1 atom stereocenters. The van der Waals surface area contributed by atoms with E-state index in [4.69, 9.17) is 9.47 Å². The molecule has 0 spiro atoms. The molecule has 0 fully saturated rings. The molecule has 2 rings (SSSR count). The van der Waals surface area contributed by atoms with Crippen molar-refractivity contribution in [1.29, 1.82) is 0 Å². The minimum atomic E-state index is -0.743. The van der Waals surface area contributed by atoms with Crippen LogP contribution in [0.15, 0.2) is 48.5 Å². The maximum atomic E-state index is 13.2. The van der Waals surface area contributed by atoms with E-state index in [1.165, 1.54) is 5.56 Å². The van der Waals surface area contributed by atoms with Crippen LogP contribution in [0.25, 0.3) is 0 Å². The summed E-state index contributed by atoms with van der Waals surface area (Å²) in [5.41, 5.74) is 2.07. The third kappa shape index (κ3) is 9.38. The molecule has 6 heteroatoms. The smallest absolute Gasteiger partial charge is 0.408 e. The maximum absolute atomic E-state index is 13.2. The number of hydrogen-bond donors (Lipinski definition) is 1. The molecular weight excluding hydrogens is 430 g/mol. The Morgan fingerprint density at radius 2 is 1.26 bits per heavy atom. The molecule has 0 radical (unpaired) electrons. The first-order chi connectivity index (χ1) is 15.8. The number of nitrogens with one attached hydrogen (secondary N) is 1. The van der Waals surface area contributed by atoms with Crippen LogP contribution in [0, 0.1) is 0 Å². The van der Waals surface area contributed by atoms with Crippen molar-refractivity contribution in [2.24, 2.45) is 0 Å². The van der Waals surface area contributed by atoms with Crippen molar-refractivity contribution in [3.8, 4) is 0 Å². The molecule has 0 aliphatic carbocycles. The first-order valence-corrected chi connectivity index (χ1v) is 11.7. The van der Waals surface area contributed by atoms with E-state index in [0.717, 1.165) is 17.5 Å². The Labute approximate surface area is 203 Å². The predicted octanol–water partition coefficient (Wildman–Crippen LogP) is 5.45. The summed E-state index contributed by atoms with van der Waals surface area (Å²) in [5, 5.41) is 2.74. The van der Waals surface area contributed by atoms with Gasteiger partial charge in [-0.3, -0.25) is 4.79 Å². The maximum Gasteiger partial charge on any atom is 0.408 e. The van der Waals surface area contributed by atoms with Gasteiger partial charge in [0.2, 0.25) is 0 Å². The number of ether oxygens (including phenoxy) is 2. The minimum absolute atomic E-state index is 0.113. The highest BCUT2D eigenvalue weighted by Gasteiger charge is 2.25. The average Bonchev–Trinajstić information content (AvgIpc) is 2.71. The molecule has 0 saturated carbocycles. The van der Waals surface area contributed by atoms with Gasteiger partial charge in [-0.05, 0) is 83.2 Å². The third-order valence-electron chi connectivity index (χ3n) is 4.92. The Morgan fingerprint density at radius 3 is 1.76 bits per heavy atom. The Morgan fingerprint density at radius 1 is 0.765 bits per heavy atom. The number of amides is 1. The Hall–Kier alpha value is -3.15. The lowest BCUT2D eigenvalue weighted by Gasteiger charge is -2.23. The van der Waals surface area contributed by atoms with Gasteiger partial charge in [0.25, 0.3) is 0 Å². The molecule has 0 unspecified atom stereocenters. The van der Waals surface area contributed by atoms with E-state index in [2.05, 4.69) is 12.2 Å². The van der Waals surface area contributed by atoms with Gasteiger partial charge in [0, 0.05) is 6.42 Å². The van der Waals surface area contributed by atoms with Gasteiger partial charge in [0.15, 0.2) is 5.78 Å². The fourth-order valence-electron chi connectivity index (χ4n) is 3.26. The van der Waals surface area contributed by atoms with Gasteiger partial charge < -0.3 is 14.8 Å². The number of hydrogen-bond acceptors (Lipinski definition) is 5. The Kier molecular flexibility index (Phi) is 9.02. The summed E-state index contributed by atoms with van der Waals surface area (Å²) in [6, 6.07) is 14.0. The van der Waals surface area contributed by atoms with Crippen molar-refractivity contribution < 1.29 is 23.9 Å². The quantitative estimate of drug-likeness (QED) is 0.522. The summed E-state index contributed by atoms with van der Waals surface area (Å²) >= 11 is 0. The number of aryl methyl sites for hydroxylation is 1. The van der Waals surface area contributed by atoms with Gasteiger partial charge in [0.05, 0.1) is 11.6 Å². The van der Waals surface area contributed by atoms with Crippen molar-refractivity contribution in [3.63, 3.8) is 0 Å². The number of rotatable bonds is 8. The van der Waals surface area contributed by atoms with E-state index in [9.17, 15) is 14.4 Å². The monoisotopic (exact) mass is 467 g/mol. The topological polar surface area (TPSA) is 81.7 Å². The van der Waals surface area contributed by atoms with E-state index in [1.807, 2.05) is 45.0 Å². The molecule has 2 aromatic rings. The van der Waals surface area contributed by atoms with Crippen molar-refractivity contribution >= 4 is 17.8 Å². The number of carbonyl (C=O) groups excluding carboxylic acids is 3. The summed E-state index contributed by atoms with van der Waals surface area (Å²) in [6.07, 6.45) is 0.773. The number of esters is 1. The Bertz CT molecular complexity index is 979. The molecule has 0 aliphatic heterocycles. The fraction of sp³-hybridized carbons (Fsp3) is 0.464. The lowest BCUT2D eigenvalue weighted by Crippen LogP contribution is -2.45. The molecular formula is C28H37NO5. The van der Waals surface area contributed by atoms with Gasteiger partial charge in [-0.1, -0.05) is 43.3 Å².